The highest BCUT2D eigenvalue weighted by Crippen LogP contribution is 2.35. The maximum Gasteiger partial charge on any atom is 0.115 e. The van der Waals surface area contributed by atoms with Crippen LogP contribution in [0.25, 0.3) is 5.57 Å². The van der Waals surface area contributed by atoms with Crippen LogP contribution in [0.2, 0.25) is 0 Å². The van der Waals surface area contributed by atoms with Crippen molar-refractivity contribution in [2.75, 3.05) is 0 Å². The van der Waals surface area contributed by atoms with Gasteiger partial charge in [-0.1, -0.05) is 41.6 Å². The van der Waals surface area contributed by atoms with Crippen LogP contribution in [0.3, 0.4) is 0 Å². The monoisotopic (exact) mass is 324 g/mol. The highest BCUT2D eigenvalue weighted by atomic mass is 16.3. The lowest BCUT2D eigenvalue weighted by Crippen LogP contribution is -2.35. The summed E-state index contributed by atoms with van der Waals surface area (Å²) in [6.45, 7) is 2.79. The Morgan fingerprint density at radius 3 is 2.83 bits per heavy atom. The lowest BCUT2D eigenvalue weighted by molar-refractivity contribution is 0.135. The van der Waals surface area contributed by atoms with Gasteiger partial charge in [0.2, 0.25) is 0 Å². The van der Waals surface area contributed by atoms with Gasteiger partial charge in [-0.2, -0.15) is 0 Å². The number of nitrogens with one attached hydrogen (secondary N) is 1. The van der Waals surface area contributed by atoms with Crippen molar-refractivity contribution in [3.8, 4) is 0 Å². The molecule has 0 spiro atoms. The molecule has 2 aliphatic rings. The fraction of sp³-hybridized carbons (Fsp3) is 0.474. The molecule has 2 aromatic rings. The number of fused-ring (bicyclic) bond motifs is 1. The average Bonchev–Trinajstić information content (AvgIpc) is 3.17. The predicted molar refractivity (Wildman–Crippen MR) is 93.2 cm³/mol. The first-order valence-corrected chi connectivity index (χ1v) is 8.86. The molecule has 0 saturated heterocycles. The Kier molecular flexibility index (Phi) is 4.21. The first-order chi connectivity index (χ1) is 11.7. The van der Waals surface area contributed by atoms with Crippen LogP contribution >= 0.6 is 0 Å². The van der Waals surface area contributed by atoms with E-state index < -0.39 is 6.10 Å². The summed E-state index contributed by atoms with van der Waals surface area (Å²) in [5, 5.41) is 23.0. The Morgan fingerprint density at radius 2 is 2.08 bits per heavy atom. The standard InChI is InChI=1S/C19H24N4O/c1-13(14-8-4-2-5-9-14)20-16-12-23-18(19(16)24)17(21-22-23)15-10-6-3-7-11-15/h2,4-5,8-10,13,16,19-20,24H,3,6-7,11-12H2,1H3/t13-,16+,19+/m1/s1. The fourth-order valence-electron chi connectivity index (χ4n) is 3.81. The zero-order valence-electron chi connectivity index (χ0n) is 14.0. The van der Waals surface area contributed by atoms with Crippen LogP contribution in [0, 0.1) is 0 Å². The van der Waals surface area contributed by atoms with Crippen molar-refractivity contribution in [3.63, 3.8) is 0 Å². The fourth-order valence-corrected chi connectivity index (χ4v) is 3.81. The number of hydrogen-bond donors (Lipinski definition) is 2. The normalized spacial score (nSPS) is 24.5. The van der Waals surface area contributed by atoms with Crippen LogP contribution in [0.5, 0.6) is 0 Å². The molecule has 5 nitrogen and oxygen atoms in total. The summed E-state index contributed by atoms with van der Waals surface area (Å²) in [5.41, 5.74) is 4.25. The molecule has 5 heteroatoms. The first kappa shape index (κ1) is 15.5. The minimum atomic E-state index is -0.566. The molecular weight excluding hydrogens is 300 g/mol. The molecule has 2 N–H and O–H groups in total. The topological polar surface area (TPSA) is 63.0 Å². The summed E-state index contributed by atoms with van der Waals surface area (Å²) in [6, 6.07) is 10.5. The van der Waals surface area contributed by atoms with Gasteiger partial charge in [-0.15, -0.1) is 5.10 Å². The molecule has 1 aromatic heterocycles. The molecule has 0 amide bonds. The van der Waals surface area contributed by atoms with Crippen LogP contribution in [-0.2, 0) is 6.54 Å². The second-order valence-corrected chi connectivity index (χ2v) is 6.83. The van der Waals surface area contributed by atoms with Gasteiger partial charge in [0.15, 0.2) is 0 Å². The molecular formula is C19H24N4O. The van der Waals surface area contributed by atoms with E-state index in [0.717, 1.165) is 24.2 Å². The van der Waals surface area contributed by atoms with Gasteiger partial charge in [0.1, 0.15) is 11.8 Å². The molecule has 0 bridgehead atoms. The largest absolute Gasteiger partial charge is 0.385 e. The summed E-state index contributed by atoms with van der Waals surface area (Å²) >= 11 is 0. The van der Waals surface area contributed by atoms with Crippen molar-refractivity contribution in [3.05, 3.63) is 53.4 Å². The number of aliphatic hydroxyl groups excluding tert-OH is 1. The van der Waals surface area contributed by atoms with Crippen LogP contribution < -0.4 is 5.32 Å². The third-order valence-corrected chi connectivity index (χ3v) is 5.16. The van der Waals surface area contributed by atoms with Gasteiger partial charge >= 0.3 is 0 Å². The number of benzene rings is 1. The van der Waals surface area contributed by atoms with Gasteiger partial charge < -0.3 is 10.4 Å². The molecule has 1 aliphatic heterocycles. The lowest BCUT2D eigenvalue weighted by atomic mass is 9.95. The number of rotatable bonds is 4. The Morgan fingerprint density at radius 1 is 1.25 bits per heavy atom. The molecule has 0 saturated carbocycles. The second-order valence-electron chi connectivity index (χ2n) is 6.83. The summed E-state index contributed by atoms with van der Waals surface area (Å²) in [4.78, 5) is 0. The highest BCUT2D eigenvalue weighted by molar-refractivity contribution is 5.65. The van der Waals surface area contributed by atoms with E-state index in [4.69, 9.17) is 0 Å². The third-order valence-electron chi connectivity index (χ3n) is 5.16. The van der Waals surface area contributed by atoms with Crippen molar-refractivity contribution in [1.29, 1.82) is 0 Å². The summed E-state index contributed by atoms with van der Waals surface area (Å²) in [7, 11) is 0. The molecule has 0 radical (unpaired) electrons. The van der Waals surface area contributed by atoms with Gasteiger partial charge in [-0.05, 0) is 43.7 Å². The van der Waals surface area contributed by atoms with Crippen molar-refractivity contribution >= 4 is 5.57 Å². The molecule has 1 aliphatic carbocycles. The minimum absolute atomic E-state index is 0.0337. The van der Waals surface area contributed by atoms with Crippen molar-refractivity contribution in [2.45, 2.75) is 57.3 Å². The molecule has 2 heterocycles. The number of aromatic nitrogens is 3. The van der Waals surface area contributed by atoms with Gasteiger partial charge in [0.05, 0.1) is 18.3 Å². The van der Waals surface area contributed by atoms with Crippen LogP contribution in [0.4, 0.5) is 0 Å². The third kappa shape index (κ3) is 2.78. The number of nitrogens with zero attached hydrogens (tertiary/aromatic N) is 3. The SMILES string of the molecule is C[C@@H](N[C@H]1Cn2nnc(C3=CCCCC3)c2[C@H]1O)c1ccccc1. The zero-order valence-corrected chi connectivity index (χ0v) is 14.0. The predicted octanol–water partition coefficient (Wildman–Crippen LogP) is 3.00. The van der Waals surface area contributed by atoms with E-state index in [1.165, 1.54) is 24.0 Å². The summed E-state index contributed by atoms with van der Waals surface area (Å²) in [5.74, 6) is 0. The Balaban J connectivity index is 1.52. The molecule has 1 aromatic carbocycles. The van der Waals surface area contributed by atoms with E-state index in [-0.39, 0.29) is 12.1 Å². The minimum Gasteiger partial charge on any atom is -0.385 e. The highest BCUT2D eigenvalue weighted by Gasteiger charge is 2.37. The quantitative estimate of drug-likeness (QED) is 0.907. The Labute approximate surface area is 142 Å². The molecule has 24 heavy (non-hydrogen) atoms. The molecule has 0 fully saturated rings. The van der Waals surface area contributed by atoms with Gasteiger partial charge in [-0.3, -0.25) is 0 Å². The molecule has 126 valence electrons. The van der Waals surface area contributed by atoms with Crippen molar-refractivity contribution in [1.82, 2.24) is 20.3 Å². The summed E-state index contributed by atoms with van der Waals surface area (Å²) in [6.07, 6.45) is 6.27. The van der Waals surface area contributed by atoms with Crippen molar-refractivity contribution in [2.24, 2.45) is 0 Å². The van der Waals surface area contributed by atoms with E-state index in [1.54, 1.807) is 0 Å². The Hall–Kier alpha value is -1.98. The number of aliphatic hydroxyl groups is 1. The van der Waals surface area contributed by atoms with E-state index in [2.05, 4.69) is 40.8 Å². The van der Waals surface area contributed by atoms with E-state index in [9.17, 15) is 5.11 Å². The van der Waals surface area contributed by atoms with E-state index in [0.29, 0.717) is 6.54 Å². The van der Waals surface area contributed by atoms with Crippen LogP contribution in [0.15, 0.2) is 36.4 Å². The van der Waals surface area contributed by atoms with Crippen molar-refractivity contribution < 1.29 is 5.11 Å². The van der Waals surface area contributed by atoms with Gasteiger partial charge in [-0.25, -0.2) is 4.68 Å². The average molecular weight is 324 g/mol. The second kappa shape index (κ2) is 6.49. The van der Waals surface area contributed by atoms with Crippen LogP contribution in [0.1, 0.15) is 61.7 Å². The van der Waals surface area contributed by atoms with Gasteiger partial charge in [0, 0.05) is 6.04 Å². The van der Waals surface area contributed by atoms with E-state index in [1.807, 2.05) is 22.9 Å². The maximum atomic E-state index is 10.8. The smallest absolute Gasteiger partial charge is 0.115 e. The number of allylic oxidation sites excluding steroid dienone is 2. The molecule has 4 rings (SSSR count). The Bertz CT molecular complexity index is 737. The molecule has 3 atom stereocenters. The van der Waals surface area contributed by atoms with Gasteiger partial charge in [0.25, 0.3) is 0 Å². The van der Waals surface area contributed by atoms with Crippen LogP contribution in [-0.4, -0.2) is 26.1 Å². The zero-order chi connectivity index (χ0) is 16.5. The first-order valence-electron chi connectivity index (χ1n) is 8.86. The maximum absolute atomic E-state index is 10.8. The summed E-state index contributed by atoms with van der Waals surface area (Å²) < 4.78 is 1.87. The molecule has 0 unspecified atom stereocenters. The van der Waals surface area contributed by atoms with E-state index >= 15 is 0 Å². The lowest BCUT2D eigenvalue weighted by Gasteiger charge is -2.22. The number of hydrogen-bond acceptors (Lipinski definition) is 4.